The van der Waals surface area contributed by atoms with Crippen LogP contribution < -0.4 is 4.90 Å². The van der Waals surface area contributed by atoms with E-state index in [1.165, 1.54) is 37.6 Å². The number of morpholine rings is 1. The van der Waals surface area contributed by atoms with Crippen molar-refractivity contribution in [2.75, 3.05) is 58.4 Å². The Morgan fingerprint density at radius 1 is 1.06 bits per heavy atom. The number of rotatable bonds is 8. The van der Waals surface area contributed by atoms with E-state index in [1.807, 2.05) is 6.92 Å². The van der Waals surface area contributed by atoms with Gasteiger partial charge in [0.1, 0.15) is 0 Å². The van der Waals surface area contributed by atoms with Gasteiger partial charge in [-0.05, 0) is 55.7 Å². The normalized spacial score (nSPS) is 15.1. The van der Waals surface area contributed by atoms with Crippen molar-refractivity contribution in [3.63, 3.8) is 0 Å². The smallest absolute Gasteiger partial charge is 0.260 e. The molecule has 0 unspecified atom stereocenters. The van der Waals surface area contributed by atoms with Crippen LogP contribution in [0.4, 0.5) is 5.13 Å². The Morgan fingerprint density at radius 3 is 2.34 bits per heavy atom. The quantitative estimate of drug-likeness (QED) is 0.456. The summed E-state index contributed by atoms with van der Waals surface area (Å²) in [5.41, 5.74) is 3.56. The molecule has 35 heavy (non-hydrogen) atoms. The van der Waals surface area contributed by atoms with Gasteiger partial charge in [0.2, 0.25) is 10.0 Å². The van der Waals surface area contributed by atoms with E-state index in [4.69, 9.17) is 9.72 Å². The zero-order valence-electron chi connectivity index (χ0n) is 20.7. The number of carbonyl (C=O) groups excluding carboxylic acids is 1. The Bertz CT molecular complexity index is 1260. The molecule has 0 spiro atoms. The van der Waals surface area contributed by atoms with E-state index < -0.39 is 10.0 Å². The van der Waals surface area contributed by atoms with Crippen molar-refractivity contribution in [3.8, 4) is 0 Å². The molecule has 0 aliphatic carbocycles. The summed E-state index contributed by atoms with van der Waals surface area (Å²) in [6.07, 6.45) is 0.798. The third-order valence-corrected chi connectivity index (χ3v) is 9.29. The lowest BCUT2D eigenvalue weighted by Gasteiger charge is -2.27. The van der Waals surface area contributed by atoms with Crippen molar-refractivity contribution >= 4 is 42.6 Å². The van der Waals surface area contributed by atoms with Gasteiger partial charge < -0.3 is 4.74 Å². The number of carbonyl (C=O) groups is 1. The average Bonchev–Trinajstić information content (AvgIpc) is 3.31. The summed E-state index contributed by atoms with van der Waals surface area (Å²) in [6, 6.07) is 10.3. The zero-order chi connectivity index (χ0) is 25.2. The minimum absolute atomic E-state index is 0.157. The first-order valence-electron chi connectivity index (χ1n) is 11.7. The van der Waals surface area contributed by atoms with E-state index in [0.29, 0.717) is 17.2 Å². The van der Waals surface area contributed by atoms with E-state index in [0.717, 1.165) is 64.9 Å². The van der Waals surface area contributed by atoms with Crippen LogP contribution in [-0.2, 0) is 14.8 Å². The molecule has 3 aromatic rings. The largest absolute Gasteiger partial charge is 0.379 e. The number of thiazole rings is 1. The number of aryl methyl sites for hydroxylation is 2. The highest BCUT2D eigenvalue weighted by Crippen LogP contribution is 2.34. The maximum atomic E-state index is 13.7. The molecular formula is C25H32N4O4S2. The number of sulfonamides is 1. The molecule has 10 heteroatoms. The number of hydrogen-bond acceptors (Lipinski definition) is 7. The number of fused-ring (bicyclic) bond motifs is 1. The van der Waals surface area contributed by atoms with Gasteiger partial charge in [-0.15, -0.1) is 0 Å². The molecule has 0 bridgehead atoms. The second kappa shape index (κ2) is 10.7. The van der Waals surface area contributed by atoms with Crippen molar-refractivity contribution in [1.29, 1.82) is 0 Å². The number of anilines is 1. The molecule has 1 aliphatic heterocycles. The van der Waals surface area contributed by atoms with Gasteiger partial charge in [-0.2, -0.15) is 0 Å². The van der Waals surface area contributed by atoms with Crippen LogP contribution in [0.3, 0.4) is 0 Å². The summed E-state index contributed by atoms with van der Waals surface area (Å²) in [7, 11) is -0.587. The first-order valence-corrected chi connectivity index (χ1v) is 14.0. The van der Waals surface area contributed by atoms with Crippen molar-refractivity contribution in [2.24, 2.45) is 0 Å². The molecule has 0 radical (unpaired) electrons. The van der Waals surface area contributed by atoms with Crippen LogP contribution in [0.25, 0.3) is 10.2 Å². The molecule has 0 N–H and O–H groups in total. The van der Waals surface area contributed by atoms with Gasteiger partial charge in [0.15, 0.2) is 5.13 Å². The van der Waals surface area contributed by atoms with Gasteiger partial charge in [-0.1, -0.05) is 23.5 Å². The average molecular weight is 517 g/mol. The van der Waals surface area contributed by atoms with Gasteiger partial charge >= 0.3 is 0 Å². The third kappa shape index (κ3) is 5.57. The molecule has 1 aliphatic rings. The summed E-state index contributed by atoms with van der Waals surface area (Å²) < 4.78 is 32.5. The first kappa shape index (κ1) is 25.7. The Morgan fingerprint density at radius 2 is 1.71 bits per heavy atom. The van der Waals surface area contributed by atoms with Crippen LogP contribution in [0.15, 0.2) is 41.3 Å². The number of hydrogen-bond donors (Lipinski definition) is 0. The second-order valence-corrected chi connectivity index (χ2v) is 12.1. The van der Waals surface area contributed by atoms with Gasteiger partial charge in [-0.3, -0.25) is 14.6 Å². The van der Waals surface area contributed by atoms with Gasteiger partial charge in [0.05, 0.1) is 28.3 Å². The maximum Gasteiger partial charge on any atom is 0.260 e. The fraction of sp³-hybridized carbons (Fsp3) is 0.440. The minimum Gasteiger partial charge on any atom is -0.379 e. The molecule has 0 atom stereocenters. The number of amides is 1. The number of nitrogens with zero attached hydrogens (tertiary/aromatic N) is 4. The topological polar surface area (TPSA) is 83.0 Å². The minimum atomic E-state index is -3.56. The number of ether oxygens (including phenoxy) is 1. The van der Waals surface area contributed by atoms with Gasteiger partial charge in [0, 0.05) is 45.8 Å². The molecule has 2 heterocycles. The SMILES string of the molecule is Cc1ccc(C)c2sc(N(CCCN3CCOCC3)C(=O)c3ccc(S(=O)(=O)N(C)C)cc3)nc12. The van der Waals surface area contributed by atoms with Gasteiger partial charge in [-0.25, -0.2) is 17.7 Å². The molecule has 1 fully saturated rings. The predicted molar refractivity (Wildman–Crippen MR) is 140 cm³/mol. The predicted octanol–water partition coefficient (Wildman–Crippen LogP) is 3.53. The molecule has 188 valence electrons. The van der Waals surface area contributed by atoms with E-state index in [1.54, 1.807) is 17.0 Å². The fourth-order valence-corrected chi connectivity index (χ4v) is 6.10. The fourth-order valence-electron chi connectivity index (χ4n) is 4.06. The lowest BCUT2D eigenvalue weighted by atomic mass is 10.1. The van der Waals surface area contributed by atoms with Crippen LogP contribution in [0.5, 0.6) is 0 Å². The summed E-state index contributed by atoms with van der Waals surface area (Å²) >= 11 is 1.52. The highest BCUT2D eigenvalue weighted by Gasteiger charge is 2.24. The van der Waals surface area contributed by atoms with Crippen LogP contribution in [-0.4, -0.2) is 82.0 Å². The molecule has 1 amide bonds. The van der Waals surface area contributed by atoms with Crippen molar-refractivity contribution < 1.29 is 17.9 Å². The zero-order valence-corrected chi connectivity index (χ0v) is 22.3. The Balaban J connectivity index is 1.62. The highest BCUT2D eigenvalue weighted by atomic mass is 32.2. The molecule has 8 nitrogen and oxygen atoms in total. The molecular weight excluding hydrogens is 484 g/mol. The maximum absolute atomic E-state index is 13.7. The van der Waals surface area contributed by atoms with E-state index >= 15 is 0 Å². The first-order chi connectivity index (χ1) is 16.7. The Hall–Kier alpha value is -2.37. The number of aromatic nitrogens is 1. The van der Waals surface area contributed by atoms with Crippen molar-refractivity contribution in [2.45, 2.75) is 25.2 Å². The van der Waals surface area contributed by atoms with Crippen molar-refractivity contribution in [3.05, 3.63) is 53.1 Å². The molecule has 2 aromatic carbocycles. The summed E-state index contributed by atoms with van der Waals surface area (Å²) in [4.78, 5) is 22.8. The summed E-state index contributed by atoms with van der Waals surface area (Å²) in [5.74, 6) is -0.185. The lowest BCUT2D eigenvalue weighted by molar-refractivity contribution is 0.0376. The number of benzene rings is 2. The van der Waals surface area contributed by atoms with E-state index in [9.17, 15) is 13.2 Å². The highest BCUT2D eigenvalue weighted by molar-refractivity contribution is 7.89. The van der Waals surface area contributed by atoms with Crippen LogP contribution in [0.1, 0.15) is 27.9 Å². The van der Waals surface area contributed by atoms with Crippen LogP contribution in [0, 0.1) is 13.8 Å². The molecule has 1 aromatic heterocycles. The molecule has 1 saturated heterocycles. The van der Waals surface area contributed by atoms with Crippen LogP contribution >= 0.6 is 11.3 Å². The third-order valence-electron chi connectivity index (χ3n) is 6.25. The van der Waals surface area contributed by atoms with E-state index in [2.05, 4.69) is 24.0 Å². The second-order valence-electron chi connectivity index (χ2n) is 8.95. The summed E-state index contributed by atoms with van der Waals surface area (Å²) in [5, 5.41) is 0.661. The Kier molecular flexibility index (Phi) is 7.87. The molecule has 4 rings (SSSR count). The Labute approximate surface area is 211 Å². The van der Waals surface area contributed by atoms with Gasteiger partial charge in [0.25, 0.3) is 5.91 Å². The summed E-state index contributed by atoms with van der Waals surface area (Å²) in [6.45, 7) is 8.74. The van der Waals surface area contributed by atoms with Crippen molar-refractivity contribution in [1.82, 2.24) is 14.2 Å². The van der Waals surface area contributed by atoms with E-state index in [-0.39, 0.29) is 10.8 Å². The van der Waals surface area contributed by atoms with Crippen LogP contribution in [0.2, 0.25) is 0 Å². The standard InChI is InChI=1S/C25H32N4O4S2/c1-18-6-7-19(2)23-22(18)26-25(34-23)29(13-5-12-28-14-16-33-17-15-28)24(30)20-8-10-21(11-9-20)35(31,32)27(3)4/h6-11H,5,12-17H2,1-4H3. The molecule has 0 saturated carbocycles. The monoisotopic (exact) mass is 516 g/mol. The lowest BCUT2D eigenvalue weighted by Crippen LogP contribution is -2.39.